The maximum atomic E-state index is 13.1. The van der Waals surface area contributed by atoms with Crippen LogP contribution in [0.25, 0.3) is 0 Å². The number of halogens is 3. The zero-order valence-corrected chi connectivity index (χ0v) is 15.8. The minimum absolute atomic E-state index is 0.0154. The third-order valence-corrected chi connectivity index (χ3v) is 5.61. The van der Waals surface area contributed by atoms with Crippen molar-refractivity contribution in [1.29, 1.82) is 0 Å². The van der Waals surface area contributed by atoms with Gasteiger partial charge in [-0.05, 0) is 55.7 Å². The summed E-state index contributed by atoms with van der Waals surface area (Å²) >= 11 is 0. The summed E-state index contributed by atoms with van der Waals surface area (Å²) in [6, 6.07) is 4.37. The number of amides is 2. The molecule has 28 heavy (non-hydrogen) atoms. The number of aliphatic hydroxyl groups is 1. The van der Waals surface area contributed by atoms with Gasteiger partial charge in [-0.15, -0.1) is 0 Å². The van der Waals surface area contributed by atoms with Gasteiger partial charge in [-0.1, -0.05) is 12.1 Å². The molecule has 0 atom stereocenters. The van der Waals surface area contributed by atoms with E-state index in [2.05, 4.69) is 5.32 Å². The van der Waals surface area contributed by atoms with E-state index < -0.39 is 29.3 Å². The Morgan fingerprint density at radius 1 is 1.21 bits per heavy atom. The molecule has 0 bridgehead atoms. The third-order valence-electron chi connectivity index (χ3n) is 5.61. The summed E-state index contributed by atoms with van der Waals surface area (Å²) in [6.07, 6.45) is -1.79. The maximum absolute atomic E-state index is 13.1. The van der Waals surface area contributed by atoms with E-state index in [1.54, 1.807) is 6.07 Å². The molecule has 152 valence electrons. The number of carbonyl (C=O) groups is 2. The van der Waals surface area contributed by atoms with E-state index in [1.807, 2.05) is 0 Å². The molecule has 1 aliphatic carbocycles. The Bertz CT molecular complexity index is 824. The molecule has 1 saturated carbocycles. The maximum Gasteiger partial charge on any atom is 0.416 e. The number of carbonyl (C=O) groups excluding carboxylic acids is 2. The first kappa shape index (κ1) is 20.2. The highest BCUT2D eigenvalue weighted by Crippen LogP contribution is 2.38. The fraction of sp³-hybridized carbons (Fsp3) is 0.500. The fourth-order valence-corrected chi connectivity index (χ4v) is 3.92. The molecule has 8 heteroatoms. The Balaban J connectivity index is 1.61. The first-order valence-corrected chi connectivity index (χ1v) is 9.24. The van der Waals surface area contributed by atoms with E-state index in [0.29, 0.717) is 31.2 Å². The quantitative estimate of drug-likeness (QED) is 0.822. The molecule has 5 nitrogen and oxygen atoms in total. The standard InChI is InChI=1S/C20H23F3N2O3/c1-11-3-4-13(9-16(11)20(21,22)23)12-5-7-14(8-6-12)24-18(27)15-10-25(2)19(28)17(15)26/h3-4,9,12,14,26H,5-8,10H2,1-2H3,(H,24,27). The van der Waals surface area contributed by atoms with E-state index in [1.165, 1.54) is 31.0 Å². The van der Waals surface area contributed by atoms with Crippen molar-refractivity contribution >= 4 is 11.8 Å². The van der Waals surface area contributed by atoms with E-state index >= 15 is 0 Å². The van der Waals surface area contributed by atoms with E-state index in [0.717, 1.165) is 0 Å². The van der Waals surface area contributed by atoms with Crippen molar-refractivity contribution < 1.29 is 27.9 Å². The zero-order chi connectivity index (χ0) is 20.6. The summed E-state index contributed by atoms with van der Waals surface area (Å²) in [7, 11) is 1.50. The van der Waals surface area contributed by atoms with Crippen molar-refractivity contribution in [2.24, 2.45) is 0 Å². The molecular weight excluding hydrogens is 373 g/mol. The Hall–Kier alpha value is -2.51. The Labute approximate surface area is 161 Å². The summed E-state index contributed by atoms with van der Waals surface area (Å²) in [6.45, 7) is 1.52. The Morgan fingerprint density at radius 3 is 2.39 bits per heavy atom. The molecule has 0 unspecified atom stereocenters. The Kier molecular flexibility index (Phi) is 5.41. The van der Waals surface area contributed by atoms with Gasteiger partial charge in [0.2, 0.25) is 0 Å². The molecule has 1 aromatic rings. The largest absolute Gasteiger partial charge is 0.503 e. The van der Waals surface area contributed by atoms with Crippen molar-refractivity contribution in [3.63, 3.8) is 0 Å². The van der Waals surface area contributed by atoms with E-state index in [9.17, 15) is 27.9 Å². The number of nitrogens with zero attached hydrogens (tertiary/aromatic N) is 1. The van der Waals surface area contributed by atoms with Crippen LogP contribution in [0.1, 0.15) is 48.3 Å². The van der Waals surface area contributed by atoms with Crippen LogP contribution in [0.15, 0.2) is 29.5 Å². The normalized spacial score (nSPS) is 23.3. The van der Waals surface area contributed by atoms with E-state index in [4.69, 9.17) is 0 Å². The number of nitrogens with one attached hydrogen (secondary N) is 1. The lowest BCUT2D eigenvalue weighted by Gasteiger charge is -2.30. The third kappa shape index (κ3) is 4.00. The molecule has 0 aromatic heterocycles. The van der Waals surface area contributed by atoms with Gasteiger partial charge in [0.05, 0.1) is 17.7 Å². The summed E-state index contributed by atoms with van der Waals surface area (Å²) in [5.74, 6) is -1.54. The van der Waals surface area contributed by atoms with Gasteiger partial charge in [0.1, 0.15) is 0 Å². The molecule has 2 N–H and O–H groups in total. The monoisotopic (exact) mass is 396 g/mol. The average molecular weight is 396 g/mol. The van der Waals surface area contributed by atoms with Crippen LogP contribution in [0.5, 0.6) is 0 Å². The molecule has 3 rings (SSSR count). The van der Waals surface area contributed by atoms with Crippen LogP contribution < -0.4 is 5.32 Å². The lowest BCUT2D eigenvalue weighted by molar-refractivity contribution is -0.138. The highest BCUT2D eigenvalue weighted by Gasteiger charge is 2.35. The number of likely N-dealkylation sites (N-methyl/N-ethyl adjacent to an activating group) is 1. The topological polar surface area (TPSA) is 69.6 Å². The van der Waals surface area contributed by atoms with Gasteiger partial charge in [0.25, 0.3) is 11.8 Å². The SMILES string of the molecule is Cc1ccc(C2CCC(NC(=O)C3=C(O)C(=O)N(C)C3)CC2)cc1C(F)(F)F. The second kappa shape index (κ2) is 7.48. The van der Waals surface area contributed by atoms with Crippen molar-refractivity contribution in [3.8, 4) is 0 Å². The molecule has 1 fully saturated rings. The number of aliphatic hydroxyl groups excluding tert-OH is 1. The van der Waals surface area contributed by atoms with Gasteiger partial charge in [-0.2, -0.15) is 13.2 Å². The van der Waals surface area contributed by atoms with Crippen molar-refractivity contribution in [1.82, 2.24) is 10.2 Å². The number of hydrogen-bond acceptors (Lipinski definition) is 3. The smallest absolute Gasteiger partial charge is 0.416 e. The number of benzene rings is 1. The van der Waals surface area contributed by atoms with Crippen molar-refractivity contribution in [3.05, 3.63) is 46.2 Å². The zero-order valence-electron chi connectivity index (χ0n) is 15.8. The molecular formula is C20H23F3N2O3. The van der Waals surface area contributed by atoms with Crippen LogP contribution in [0, 0.1) is 6.92 Å². The van der Waals surface area contributed by atoms with Gasteiger partial charge in [0, 0.05) is 13.1 Å². The predicted molar refractivity (Wildman–Crippen MR) is 96.6 cm³/mol. The molecule has 0 saturated heterocycles. The first-order chi connectivity index (χ1) is 13.1. The van der Waals surface area contributed by atoms with Crippen LogP contribution in [0.2, 0.25) is 0 Å². The van der Waals surface area contributed by atoms with Crippen LogP contribution in [0.3, 0.4) is 0 Å². The molecule has 1 aromatic carbocycles. The van der Waals surface area contributed by atoms with Crippen LogP contribution in [0.4, 0.5) is 13.2 Å². The summed E-state index contributed by atoms with van der Waals surface area (Å²) in [5.41, 5.74) is 0.341. The molecule has 1 aliphatic heterocycles. The highest BCUT2D eigenvalue weighted by atomic mass is 19.4. The highest BCUT2D eigenvalue weighted by molar-refractivity contribution is 6.06. The first-order valence-electron chi connectivity index (χ1n) is 9.24. The van der Waals surface area contributed by atoms with E-state index in [-0.39, 0.29) is 29.6 Å². The van der Waals surface area contributed by atoms with Gasteiger partial charge < -0.3 is 15.3 Å². The number of hydrogen-bond donors (Lipinski definition) is 2. The van der Waals surface area contributed by atoms with Crippen molar-refractivity contribution in [2.45, 2.75) is 50.7 Å². The summed E-state index contributed by atoms with van der Waals surface area (Å²) < 4.78 is 39.4. The predicted octanol–water partition coefficient (Wildman–Crippen LogP) is 3.44. The van der Waals surface area contributed by atoms with Gasteiger partial charge in [0.15, 0.2) is 5.76 Å². The number of rotatable bonds is 3. The average Bonchev–Trinajstić information content (AvgIpc) is 2.89. The second-order valence-electron chi connectivity index (χ2n) is 7.58. The number of aryl methyl sites for hydroxylation is 1. The minimum atomic E-state index is -4.37. The van der Waals surface area contributed by atoms with Crippen LogP contribution in [-0.4, -0.2) is 41.5 Å². The molecule has 0 spiro atoms. The lowest BCUT2D eigenvalue weighted by Crippen LogP contribution is -2.39. The lowest BCUT2D eigenvalue weighted by atomic mass is 9.81. The summed E-state index contributed by atoms with van der Waals surface area (Å²) in [5, 5.41) is 12.6. The molecule has 2 aliphatic rings. The molecule has 0 radical (unpaired) electrons. The van der Waals surface area contributed by atoms with Crippen molar-refractivity contribution in [2.75, 3.05) is 13.6 Å². The number of alkyl halides is 3. The minimum Gasteiger partial charge on any atom is -0.503 e. The molecule has 1 heterocycles. The van der Waals surface area contributed by atoms with Gasteiger partial charge in [-0.25, -0.2) is 0 Å². The van der Waals surface area contributed by atoms with Crippen LogP contribution in [-0.2, 0) is 15.8 Å². The van der Waals surface area contributed by atoms with Gasteiger partial charge in [-0.3, -0.25) is 9.59 Å². The Morgan fingerprint density at radius 2 is 1.86 bits per heavy atom. The second-order valence-corrected chi connectivity index (χ2v) is 7.58. The fourth-order valence-electron chi connectivity index (χ4n) is 3.92. The summed E-state index contributed by atoms with van der Waals surface area (Å²) in [4.78, 5) is 25.2. The van der Waals surface area contributed by atoms with Gasteiger partial charge >= 0.3 is 6.18 Å². The molecule has 2 amide bonds. The van der Waals surface area contributed by atoms with Crippen LogP contribution >= 0.6 is 0 Å².